The molecule has 0 bridgehead atoms. The Balaban J connectivity index is 2.00. The average molecular weight is 368 g/mol. The molecular formula is C21H24N2O4. The normalized spacial score (nSPS) is 12.1. The van der Waals surface area contributed by atoms with Crippen LogP contribution in [0.3, 0.4) is 0 Å². The molecule has 27 heavy (non-hydrogen) atoms. The van der Waals surface area contributed by atoms with Gasteiger partial charge in [0, 0.05) is 11.1 Å². The summed E-state index contributed by atoms with van der Waals surface area (Å²) in [5, 5.41) is 2.61. The Morgan fingerprint density at radius 1 is 1.00 bits per heavy atom. The topological polar surface area (TPSA) is 98.5 Å². The molecule has 6 nitrogen and oxygen atoms in total. The van der Waals surface area contributed by atoms with Crippen LogP contribution in [0.25, 0.3) is 0 Å². The minimum Gasteiger partial charge on any atom is -0.425 e. The molecule has 3 N–H and O–H groups in total. The molecule has 0 aliphatic heterocycles. The van der Waals surface area contributed by atoms with Crippen LogP contribution in [0.15, 0.2) is 48.5 Å². The van der Waals surface area contributed by atoms with Crippen LogP contribution in [0.5, 0.6) is 5.75 Å². The number of nitrogens with two attached hydrogens (primary N) is 1. The second-order valence-corrected chi connectivity index (χ2v) is 7.34. The molecule has 2 aromatic rings. The molecule has 6 heteroatoms. The van der Waals surface area contributed by atoms with E-state index in [0.29, 0.717) is 5.56 Å². The zero-order valence-electron chi connectivity index (χ0n) is 15.9. The van der Waals surface area contributed by atoms with Crippen LogP contribution in [0.1, 0.15) is 54.0 Å². The fourth-order valence-corrected chi connectivity index (χ4v) is 2.38. The molecule has 0 aliphatic rings. The highest BCUT2D eigenvalue weighted by molar-refractivity contribution is 5.97. The lowest BCUT2D eigenvalue weighted by Gasteiger charge is -2.19. The van der Waals surface area contributed by atoms with E-state index in [4.69, 9.17) is 10.5 Å². The second kappa shape index (κ2) is 8.03. The molecule has 1 unspecified atom stereocenters. The van der Waals surface area contributed by atoms with E-state index >= 15 is 0 Å². The second-order valence-electron chi connectivity index (χ2n) is 7.34. The Morgan fingerprint density at radius 2 is 1.63 bits per heavy atom. The highest BCUT2D eigenvalue weighted by Gasteiger charge is 2.20. The maximum Gasteiger partial charge on any atom is 0.333 e. The summed E-state index contributed by atoms with van der Waals surface area (Å²) in [6.45, 7) is 7.80. The number of carbonyl (C=O) groups is 3. The van der Waals surface area contributed by atoms with Crippen molar-refractivity contribution in [3.8, 4) is 5.75 Å². The van der Waals surface area contributed by atoms with Gasteiger partial charge in [-0.1, -0.05) is 39.0 Å². The van der Waals surface area contributed by atoms with Crippen LogP contribution < -0.4 is 15.8 Å². The van der Waals surface area contributed by atoms with Crippen LogP contribution in [0.4, 0.5) is 0 Å². The van der Waals surface area contributed by atoms with Gasteiger partial charge in [-0.05, 0) is 48.2 Å². The van der Waals surface area contributed by atoms with E-state index in [-0.39, 0.29) is 22.6 Å². The summed E-state index contributed by atoms with van der Waals surface area (Å²) in [7, 11) is 0. The third-order valence-electron chi connectivity index (χ3n) is 4.05. The molecule has 0 saturated heterocycles. The number of ether oxygens (including phenoxy) is 1. The Bertz CT molecular complexity index is 851. The number of hydrogen-bond donors (Lipinski definition) is 2. The molecule has 2 aromatic carbocycles. The molecule has 142 valence electrons. The molecule has 0 aliphatic carbocycles. The molecule has 1 atom stereocenters. The first kappa shape index (κ1) is 20.2. The Hall–Kier alpha value is -3.15. The monoisotopic (exact) mass is 368 g/mol. The maximum atomic E-state index is 12.3. The van der Waals surface area contributed by atoms with Gasteiger partial charge in [0.25, 0.3) is 5.91 Å². The molecule has 2 rings (SSSR count). The lowest BCUT2D eigenvalue weighted by atomic mass is 9.86. The first-order chi connectivity index (χ1) is 12.6. The van der Waals surface area contributed by atoms with E-state index in [9.17, 15) is 14.4 Å². The number of rotatable bonds is 5. The van der Waals surface area contributed by atoms with Gasteiger partial charge in [0.05, 0.1) is 0 Å². The van der Waals surface area contributed by atoms with Crippen LogP contribution in [-0.2, 0) is 10.2 Å². The van der Waals surface area contributed by atoms with E-state index < -0.39 is 17.9 Å². The van der Waals surface area contributed by atoms with Gasteiger partial charge in [0.15, 0.2) is 0 Å². The summed E-state index contributed by atoms with van der Waals surface area (Å²) in [6, 6.07) is 12.4. The number of primary amides is 1. The van der Waals surface area contributed by atoms with Crippen molar-refractivity contribution < 1.29 is 19.1 Å². The summed E-state index contributed by atoms with van der Waals surface area (Å²) in [5.74, 6) is -1.44. The number of amides is 2. The molecule has 0 spiro atoms. The van der Waals surface area contributed by atoms with Gasteiger partial charge in [-0.3, -0.25) is 9.59 Å². The molecule has 0 heterocycles. The van der Waals surface area contributed by atoms with Crippen molar-refractivity contribution in [3.63, 3.8) is 0 Å². The number of hydrogen-bond acceptors (Lipinski definition) is 4. The zero-order valence-corrected chi connectivity index (χ0v) is 15.9. The van der Waals surface area contributed by atoms with Gasteiger partial charge in [0.2, 0.25) is 5.91 Å². The quantitative estimate of drug-likeness (QED) is 0.626. The molecule has 2 amide bonds. The molecule has 0 saturated carbocycles. The molecule has 0 radical (unpaired) electrons. The first-order valence-electron chi connectivity index (χ1n) is 8.61. The predicted octanol–water partition coefficient (Wildman–Crippen LogP) is 2.81. The Kier molecular flexibility index (Phi) is 6.00. The number of esters is 1. The van der Waals surface area contributed by atoms with E-state index in [2.05, 4.69) is 26.1 Å². The summed E-state index contributed by atoms with van der Waals surface area (Å²) in [4.78, 5) is 35.7. The van der Waals surface area contributed by atoms with E-state index in [0.717, 1.165) is 5.56 Å². The van der Waals surface area contributed by atoms with Gasteiger partial charge < -0.3 is 15.8 Å². The van der Waals surface area contributed by atoms with Crippen LogP contribution in [0, 0.1) is 0 Å². The lowest BCUT2D eigenvalue weighted by Crippen LogP contribution is -2.40. The lowest BCUT2D eigenvalue weighted by molar-refractivity contribution is -0.136. The number of nitrogens with one attached hydrogen (secondary N) is 1. The number of benzene rings is 2. The fourth-order valence-electron chi connectivity index (χ4n) is 2.38. The van der Waals surface area contributed by atoms with Crippen molar-refractivity contribution in [2.75, 3.05) is 0 Å². The Labute approximate surface area is 158 Å². The zero-order chi connectivity index (χ0) is 20.2. The third kappa shape index (κ3) is 5.41. The first-order valence-corrected chi connectivity index (χ1v) is 8.61. The van der Waals surface area contributed by atoms with E-state index in [1.807, 2.05) is 12.1 Å². The SMILES string of the molecule is CC(NC(=O)c1ccc(C(C)(C)C)cc1)C(=O)Oc1cccc(C(N)=O)c1. The summed E-state index contributed by atoms with van der Waals surface area (Å²) < 4.78 is 5.21. The summed E-state index contributed by atoms with van der Waals surface area (Å²) in [5.41, 5.74) is 7.00. The largest absolute Gasteiger partial charge is 0.425 e. The maximum absolute atomic E-state index is 12.3. The molecule has 0 fully saturated rings. The third-order valence-corrected chi connectivity index (χ3v) is 4.05. The summed E-state index contributed by atoms with van der Waals surface area (Å²) >= 11 is 0. The minimum absolute atomic E-state index is 0.00838. The van der Waals surface area contributed by atoms with Crippen LogP contribution in [0.2, 0.25) is 0 Å². The van der Waals surface area contributed by atoms with Gasteiger partial charge in [0.1, 0.15) is 11.8 Å². The van der Waals surface area contributed by atoms with Crippen molar-refractivity contribution in [2.45, 2.75) is 39.2 Å². The summed E-state index contributed by atoms with van der Waals surface area (Å²) in [6.07, 6.45) is 0. The molecule has 0 aromatic heterocycles. The smallest absolute Gasteiger partial charge is 0.333 e. The van der Waals surface area contributed by atoms with Gasteiger partial charge in [-0.15, -0.1) is 0 Å². The highest BCUT2D eigenvalue weighted by atomic mass is 16.5. The van der Waals surface area contributed by atoms with Crippen molar-refractivity contribution in [3.05, 3.63) is 65.2 Å². The van der Waals surface area contributed by atoms with Crippen molar-refractivity contribution in [2.24, 2.45) is 5.73 Å². The van der Waals surface area contributed by atoms with Gasteiger partial charge in [-0.25, -0.2) is 4.79 Å². The number of carbonyl (C=O) groups excluding carboxylic acids is 3. The van der Waals surface area contributed by atoms with Gasteiger partial charge >= 0.3 is 5.97 Å². The van der Waals surface area contributed by atoms with Crippen LogP contribution in [-0.4, -0.2) is 23.8 Å². The van der Waals surface area contributed by atoms with E-state index in [1.165, 1.54) is 25.1 Å². The Morgan fingerprint density at radius 3 is 2.19 bits per heavy atom. The minimum atomic E-state index is -0.864. The van der Waals surface area contributed by atoms with E-state index in [1.54, 1.807) is 18.2 Å². The van der Waals surface area contributed by atoms with Crippen molar-refractivity contribution in [1.29, 1.82) is 0 Å². The van der Waals surface area contributed by atoms with Gasteiger partial charge in [-0.2, -0.15) is 0 Å². The predicted molar refractivity (Wildman–Crippen MR) is 103 cm³/mol. The highest BCUT2D eigenvalue weighted by Crippen LogP contribution is 2.22. The molecular weight excluding hydrogens is 344 g/mol. The average Bonchev–Trinajstić information content (AvgIpc) is 2.61. The van der Waals surface area contributed by atoms with Crippen LogP contribution >= 0.6 is 0 Å². The fraction of sp³-hybridized carbons (Fsp3) is 0.286. The van der Waals surface area contributed by atoms with Crippen molar-refractivity contribution in [1.82, 2.24) is 5.32 Å². The van der Waals surface area contributed by atoms with Crippen molar-refractivity contribution >= 4 is 17.8 Å². The standard InChI is InChI=1S/C21H24N2O4/c1-13(20(26)27-17-7-5-6-15(12-17)18(22)24)23-19(25)14-8-10-16(11-9-14)21(2,3)4/h5-13H,1-4H3,(H2,22,24)(H,23,25).